The van der Waals surface area contributed by atoms with Gasteiger partial charge in [-0.3, -0.25) is 14.6 Å². The fourth-order valence-corrected chi connectivity index (χ4v) is 4.89. The summed E-state index contributed by atoms with van der Waals surface area (Å²) >= 11 is 12.7. The molecule has 11 heteroatoms. The van der Waals surface area contributed by atoms with Crippen molar-refractivity contribution in [2.24, 2.45) is 0 Å². The number of nitrogens with zero attached hydrogens (tertiary/aromatic N) is 3. The predicted octanol–water partition coefficient (Wildman–Crippen LogP) is 3.95. The van der Waals surface area contributed by atoms with Gasteiger partial charge >= 0.3 is 12.0 Å². The van der Waals surface area contributed by atoms with Crippen LogP contribution in [0.4, 0.5) is 4.79 Å². The van der Waals surface area contributed by atoms with Crippen molar-refractivity contribution in [3.8, 4) is 0 Å². The van der Waals surface area contributed by atoms with Crippen LogP contribution in [0.2, 0.25) is 10.0 Å². The van der Waals surface area contributed by atoms with Gasteiger partial charge in [0.2, 0.25) is 0 Å². The molecule has 0 unspecified atom stereocenters. The number of carbonyl (C=O) groups is 3. The minimum atomic E-state index is -0.821. The summed E-state index contributed by atoms with van der Waals surface area (Å²) in [5, 5.41) is 3.44. The summed E-state index contributed by atoms with van der Waals surface area (Å²) < 4.78 is 10.7. The molecule has 3 heterocycles. The van der Waals surface area contributed by atoms with E-state index in [4.69, 9.17) is 32.4 Å². The van der Waals surface area contributed by atoms with Crippen LogP contribution in [0.5, 0.6) is 0 Å². The number of benzene rings is 1. The number of halogens is 2. The molecular formula is C25H28Cl2N4O5. The molecule has 1 saturated heterocycles. The molecule has 2 aromatic rings. The van der Waals surface area contributed by atoms with Crippen LogP contribution in [0, 0.1) is 0 Å². The number of furan rings is 1. The van der Waals surface area contributed by atoms with E-state index in [-0.39, 0.29) is 23.6 Å². The van der Waals surface area contributed by atoms with Crippen LogP contribution >= 0.6 is 23.2 Å². The lowest BCUT2D eigenvalue weighted by Gasteiger charge is -2.37. The Morgan fingerprint density at radius 3 is 2.67 bits per heavy atom. The van der Waals surface area contributed by atoms with Crippen LogP contribution < -0.4 is 5.32 Å². The van der Waals surface area contributed by atoms with Crippen molar-refractivity contribution in [1.29, 1.82) is 0 Å². The van der Waals surface area contributed by atoms with Crippen LogP contribution in [0.1, 0.15) is 35.5 Å². The smallest absolute Gasteiger partial charge is 0.338 e. The molecule has 1 atom stereocenters. The number of esters is 1. The average Bonchev–Trinajstić information content (AvgIpc) is 3.30. The fraction of sp³-hybridized carbons (Fsp3) is 0.400. The van der Waals surface area contributed by atoms with Crippen molar-refractivity contribution in [3.05, 3.63) is 69.2 Å². The van der Waals surface area contributed by atoms with E-state index in [1.54, 1.807) is 49.2 Å². The van der Waals surface area contributed by atoms with Gasteiger partial charge in [-0.2, -0.15) is 0 Å². The Morgan fingerprint density at radius 2 is 1.94 bits per heavy atom. The van der Waals surface area contributed by atoms with Crippen molar-refractivity contribution in [1.82, 2.24) is 20.0 Å². The van der Waals surface area contributed by atoms with Crippen molar-refractivity contribution < 1.29 is 23.5 Å². The van der Waals surface area contributed by atoms with Crippen molar-refractivity contribution in [2.75, 3.05) is 46.4 Å². The molecule has 2 aliphatic rings. The highest BCUT2D eigenvalue weighted by molar-refractivity contribution is 6.42. The molecule has 0 saturated carbocycles. The summed E-state index contributed by atoms with van der Waals surface area (Å²) in [7, 11) is 1.62. The minimum Gasteiger partial charge on any atom is -0.463 e. The third-order valence-corrected chi connectivity index (χ3v) is 7.18. The summed E-state index contributed by atoms with van der Waals surface area (Å²) in [5.74, 6) is -0.386. The maximum atomic E-state index is 13.2. The lowest BCUT2D eigenvalue weighted by atomic mass is 9.94. The third-order valence-electron chi connectivity index (χ3n) is 6.35. The standard InChI is InChI=1S/C25H28Cl2N4O5/c1-3-35-24(33)20-18(29(2)25(34)28-22(20)16-7-4-8-17(26)21(16)27)15-30-10-6-11-31(13-12-30)23(32)19-9-5-14-36-19/h4-5,7-9,14,22H,3,6,10-13,15H2,1-2H3,(H,28,34)/t22-/m1/s1. The monoisotopic (exact) mass is 534 g/mol. The van der Waals surface area contributed by atoms with E-state index in [0.717, 1.165) is 6.42 Å². The maximum Gasteiger partial charge on any atom is 0.338 e. The Kier molecular flexibility index (Phi) is 8.23. The number of likely N-dealkylation sites (N-methyl/N-ethyl adjacent to an activating group) is 1. The fourth-order valence-electron chi connectivity index (χ4n) is 4.47. The number of carbonyl (C=O) groups excluding carboxylic acids is 3. The van der Waals surface area contributed by atoms with Crippen LogP contribution in [0.15, 0.2) is 52.3 Å². The molecule has 2 aliphatic heterocycles. The number of hydrogen-bond acceptors (Lipinski definition) is 6. The second-order valence-corrected chi connectivity index (χ2v) is 9.35. The Morgan fingerprint density at radius 1 is 1.14 bits per heavy atom. The van der Waals surface area contributed by atoms with E-state index in [9.17, 15) is 14.4 Å². The molecule has 9 nitrogen and oxygen atoms in total. The van der Waals surface area contributed by atoms with Gasteiger partial charge in [0, 0.05) is 45.5 Å². The van der Waals surface area contributed by atoms with E-state index >= 15 is 0 Å². The maximum absolute atomic E-state index is 13.2. The average molecular weight is 535 g/mol. The molecule has 1 aromatic carbocycles. The molecule has 3 amide bonds. The molecule has 1 N–H and O–H groups in total. The number of ether oxygens (including phenoxy) is 1. The van der Waals surface area contributed by atoms with Crippen LogP contribution in [0.3, 0.4) is 0 Å². The molecule has 1 fully saturated rings. The van der Waals surface area contributed by atoms with Crippen LogP contribution in [-0.2, 0) is 9.53 Å². The number of hydrogen-bond donors (Lipinski definition) is 1. The number of nitrogens with one attached hydrogen (secondary N) is 1. The topological polar surface area (TPSA) is 95.3 Å². The first kappa shape index (κ1) is 26.1. The van der Waals surface area contributed by atoms with Gasteiger partial charge < -0.3 is 19.4 Å². The number of amides is 3. The molecule has 36 heavy (non-hydrogen) atoms. The van der Waals surface area contributed by atoms with Crippen LogP contribution in [0.25, 0.3) is 0 Å². The van der Waals surface area contributed by atoms with Gasteiger partial charge in [0.25, 0.3) is 5.91 Å². The summed E-state index contributed by atoms with van der Waals surface area (Å²) in [6.45, 7) is 4.53. The quantitative estimate of drug-likeness (QED) is 0.563. The molecule has 0 bridgehead atoms. The normalized spacial score (nSPS) is 19.2. The highest BCUT2D eigenvalue weighted by Gasteiger charge is 2.38. The van der Waals surface area contributed by atoms with Gasteiger partial charge in [-0.15, -0.1) is 0 Å². The zero-order chi connectivity index (χ0) is 25.8. The summed E-state index contributed by atoms with van der Waals surface area (Å²) in [5.41, 5.74) is 1.33. The lowest BCUT2D eigenvalue weighted by Crippen LogP contribution is -2.49. The SMILES string of the molecule is CCOC(=O)C1=C(CN2CCCN(C(=O)c3ccco3)CC2)N(C)C(=O)N[C@@H]1c1cccc(Cl)c1Cl. The second kappa shape index (κ2) is 11.4. The number of rotatable bonds is 6. The van der Waals surface area contributed by atoms with Crippen LogP contribution in [-0.4, -0.2) is 79.0 Å². The van der Waals surface area contributed by atoms with Gasteiger partial charge in [-0.05, 0) is 37.1 Å². The highest BCUT2D eigenvalue weighted by atomic mass is 35.5. The summed E-state index contributed by atoms with van der Waals surface area (Å²) in [6.07, 6.45) is 2.21. The molecule has 0 aliphatic carbocycles. The van der Waals surface area contributed by atoms with E-state index < -0.39 is 12.0 Å². The molecule has 192 valence electrons. The van der Waals surface area contributed by atoms with E-state index in [1.165, 1.54) is 11.2 Å². The van der Waals surface area contributed by atoms with Crippen molar-refractivity contribution >= 4 is 41.1 Å². The summed E-state index contributed by atoms with van der Waals surface area (Å²) in [6, 6.07) is 7.24. The third kappa shape index (κ3) is 5.38. The zero-order valence-electron chi connectivity index (χ0n) is 20.1. The first-order valence-corrected chi connectivity index (χ1v) is 12.5. The largest absolute Gasteiger partial charge is 0.463 e. The van der Waals surface area contributed by atoms with Gasteiger partial charge in [0.15, 0.2) is 5.76 Å². The Labute approximate surface area is 219 Å². The molecule has 0 radical (unpaired) electrons. The zero-order valence-corrected chi connectivity index (χ0v) is 21.6. The highest BCUT2D eigenvalue weighted by Crippen LogP contribution is 2.37. The minimum absolute atomic E-state index is 0.155. The summed E-state index contributed by atoms with van der Waals surface area (Å²) in [4.78, 5) is 44.2. The van der Waals surface area contributed by atoms with Gasteiger partial charge in [0.1, 0.15) is 0 Å². The number of urea groups is 1. The molecule has 4 rings (SSSR count). The first-order chi connectivity index (χ1) is 17.3. The molecule has 0 spiro atoms. The first-order valence-electron chi connectivity index (χ1n) is 11.7. The molecule has 1 aromatic heterocycles. The van der Waals surface area contributed by atoms with Crippen molar-refractivity contribution in [2.45, 2.75) is 19.4 Å². The molecular weight excluding hydrogens is 507 g/mol. The Balaban J connectivity index is 1.64. The van der Waals surface area contributed by atoms with Crippen molar-refractivity contribution in [3.63, 3.8) is 0 Å². The Bertz CT molecular complexity index is 1170. The van der Waals surface area contributed by atoms with Gasteiger partial charge in [-0.1, -0.05) is 35.3 Å². The van der Waals surface area contributed by atoms with E-state index in [1.807, 2.05) is 0 Å². The predicted molar refractivity (Wildman–Crippen MR) is 135 cm³/mol. The van der Waals surface area contributed by atoms with Gasteiger partial charge in [0.05, 0.1) is 34.5 Å². The lowest BCUT2D eigenvalue weighted by molar-refractivity contribution is -0.139. The van der Waals surface area contributed by atoms with E-state index in [0.29, 0.717) is 60.3 Å². The van der Waals surface area contributed by atoms with Gasteiger partial charge in [-0.25, -0.2) is 9.59 Å². The Hall–Kier alpha value is -3.01. The van der Waals surface area contributed by atoms with E-state index in [2.05, 4.69) is 10.2 Å². The second-order valence-electron chi connectivity index (χ2n) is 8.56.